The Balaban J connectivity index is 2.19. The van der Waals surface area contributed by atoms with E-state index in [9.17, 15) is 9.59 Å². The van der Waals surface area contributed by atoms with Gasteiger partial charge in [-0.05, 0) is 38.5 Å². The summed E-state index contributed by atoms with van der Waals surface area (Å²) in [5, 5.41) is 5.31. The lowest BCUT2D eigenvalue weighted by molar-refractivity contribution is -0.120. The molecule has 0 heterocycles. The van der Waals surface area contributed by atoms with Gasteiger partial charge in [0.25, 0.3) is 5.91 Å². The third kappa shape index (κ3) is 7.82. The summed E-state index contributed by atoms with van der Waals surface area (Å²) in [6.45, 7) is 5.06. The van der Waals surface area contributed by atoms with Crippen LogP contribution < -0.4 is 10.6 Å². The molecule has 6 heteroatoms. The molecule has 1 rings (SSSR count). The van der Waals surface area contributed by atoms with Crippen molar-refractivity contribution in [1.29, 1.82) is 0 Å². The van der Waals surface area contributed by atoms with Gasteiger partial charge in [-0.1, -0.05) is 22.0 Å². The lowest BCUT2D eigenvalue weighted by Crippen LogP contribution is -2.37. The van der Waals surface area contributed by atoms with E-state index in [0.717, 1.165) is 10.9 Å². The summed E-state index contributed by atoms with van der Waals surface area (Å²) in [7, 11) is 0. The number of rotatable bonds is 8. The molecule has 0 aliphatic rings. The highest BCUT2D eigenvalue weighted by Crippen LogP contribution is 2.11. The van der Waals surface area contributed by atoms with E-state index in [1.54, 1.807) is 18.2 Å². The molecule has 0 unspecified atom stereocenters. The largest absolute Gasteiger partial charge is 0.379 e. The zero-order chi connectivity index (χ0) is 15.7. The minimum absolute atomic E-state index is 0.0314. The summed E-state index contributed by atoms with van der Waals surface area (Å²) >= 11 is 3.30. The second-order valence-electron chi connectivity index (χ2n) is 4.82. The van der Waals surface area contributed by atoms with Gasteiger partial charge in [-0.25, -0.2) is 0 Å². The summed E-state index contributed by atoms with van der Waals surface area (Å²) in [6.07, 6.45) is 0.953. The van der Waals surface area contributed by atoms with E-state index < -0.39 is 0 Å². The molecule has 0 aliphatic heterocycles. The molecule has 0 aliphatic carbocycles. The van der Waals surface area contributed by atoms with Gasteiger partial charge in [0.1, 0.15) is 0 Å². The number of ether oxygens (including phenoxy) is 1. The number of amides is 2. The first-order valence-corrected chi connectivity index (χ1v) is 7.70. The second kappa shape index (κ2) is 9.52. The van der Waals surface area contributed by atoms with Crippen LogP contribution >= 0.6 is 15.9 Å². The van der Waals surface area contributed by atoms with Crippen molar-refractivity contribution in [3.8, 4) is 0 Å². The predicted octanol–water partition coefficient (Wildman–Crippen LogP) is 2.11. The number of carbonyl (C=O) groups is 2. The van der Waals surface area contributed by atoms with E-state index in [-0.39, 0.29) is 24.5 Å². The Morgan fingerprint density at radius 3 is 2.71 bits per heavy atom. The maximum Gasteiger partial charge on any atom is 0.251 e. The zero-order valence-corrected chi connectivity index (χ0v) is 13.9. The van der Waals surface area contributed by atoms with Crippen LogP contribution in [0.15, 0.2) is 28.7 Å². The Kier molecular flexibility index (Phi) is 8.00. The van der Waals surface area contributed by atoms with E-state index in [0.29, 0.717) is 18.7 Å². The number of hydrogen-bond donors (Lipinski definition) is 2. The van der Waals surface area contributed by atoms with Gasteiger partial charge in [0.2, 0.25) is 5.91 Å². The number of carbonyl (C=O) groups excluding carboxylic acids is 2. The minimum atomic E-state index is -0.269. The third-order valence-electron chi connectivity index (χ3n) is 2.59. The molecule has 5 nitrogen and oxygen atoms in total. The van der Waals surface area contributed by atoms with E-state index in [2.05, 4.69) is 26.6 Å². The van der Waals surface area contributed by atoms with Gasteiger partial charge in [0.05, 0.1) is 12.6 Å². The van der Waals surface area contributed by atoms with E-state index >= 15 is 0 Å². The maximum atomic E-state index is 11.8. The van der Waals surface area contributed by atoms with Crippen LogP contribution in [0.1, 0.15) is 30.6 Å². The van der Waals surface area contributed by atoms with Crippen molar-refractivity contribution < 1.29 is 14.3 Å². The normalized spacial score (nSPS) is 10.5. The molecule has 0 radical (unpaired) electrons. The molecule has 0 atom stereocenters. The molecular formula is C15H21BrN2O3. The van der Waals surface area contributed by atoms with Gasteiger partial charge >= 0.3 is 0 Å². The highest BCUT2D eigenvalue weighted by molar-refractivity contribution is 9.10. The Labute approximate surface area is 133 Å². The molecule has 0 saturated heterocycles. The number of halogens is 1. The minimum Gasteiger partial charge on any atom is -0.379 e. The van der Waals surface area contributed by atoms with Gasteiger partial charge in [-0.15, -0.1) is 0 Å². The summed E-state index contributed by atoms with van der Waals surface area (Å²) < 4.78 is 6.19. The summed E-state index contributed by atoms with van der Waals surface area (Å²) in [6, 6.07) is 7.01. The summed E-state index contributed by atoms with van der Waals surface area (Å²) in [5.74, 6) is -0.475. The Morgan fingerprint density at radius 1 is 1.29 bits per heavy atom. The fourth-order valence-corrected chi connectivity index (χ4v) is 1.97. The Bertz CT molecular complexity index is 478. The van der Waals surface area contributed by atoms with E-state index in [1.165, 1.54) is 0 Å². The molecule has 0 aromatic heterocycles. The Morgan fingerprint density at radius 2 is 2.05 bits per heavy atom. The molecular weight excluding hydrogens is 336 g/mol. The van der Waals surface area contributed by atoms with Crippen LogP contribution in [0, 0.1) is 0 Å². The van der Waals surface area contributed by atoms with Crippen molar-refractivity contribution >= 4 is 27.7 Å². The average Bonchev–Trinajstić information content (AvgIpc) is 2.44. The predicted molar refractivity (Wildman–Crippen MR) is 85.2 cm³/mol. The van der Waals surface area contributed by atoms with Crippen LogP contribution in [-0.4, -0.2) is 37.6 Å². The van der Waals surface area contributed by atoms with Crippen molar-refractivity contribution in [2.24, 2.45) is 0 Å². The first kappa shape index (κ1) is 17.7. The van der Waals surface area contributed by atoms with Gasteiger partial charge < -0.3 is 15.4 Å². The lowest BCUT2D eigenvalue weighted by atomic mass is 10.2. The zero-order valence-electron chi connectivity index (χ0n) is 12.3. The summed E-state index contributed by atoms with van der Waals surface area (Å²) in [5.41, 5.74) is 0.516. The SMILES string of the molecule is CC(C)OCCCNC(=O)CNC(=O)c1cccc(Br)c1. The van der Waals surface area contributed by atoms with Gasteiger partial charge in [-0.3, -0.25) is 9.59 Å². The first-order valence-electron chi connectivity index (χ1n) is 6.91. The quantitative estimate of drug-likeness (QED) is 0.701. The van der Waals surface area contributed by atoms with Gasteiger partial charge in [-0.2, -0.15) is 0 Å². The van der Waals surface area contributed by atoms with Crippen LogP contribution in [-0.2, 0) is 9.53 Å². The van der Waals surface area contributed by atoms with Crippen molar-refractivity contribution in [2.75, 3.05) is 19.7 Å². The molecule has 0 fully saturated rings. The van der Waals surface area contributed by atoms with Crippen LogP contribution in [0.3, 0.4) is 0 Å². The molecule has 21 heavy (non-hydrogen) atoms. The molecule has 0 spiro atoms. The summed E-state index contributed by atoms with van der Waals surface area (Å²) in [4.78, 5) is 23.4. The van der Waals surface area contributed by atoms with Crippen LogP contribution in [0.2, 0.25) is 0 Å². The second-order valence-corrected chi connectivity index (χ2v) is 5.73. The fourth-order valence-electron chi connectivity index (χ4n) is 1.57. The van der Waals surface area contributed by atoms with Crippen molar-refractivity contribution in [2.45, 2.75) is 26.4 Å². The lowest BCUT2D eigenvalue weighted by Gasteiger charge is -2.09. The number of benzene rings is 1. The highest BCUT2D eigenvalue weighted by Gasteiger charge is 2.07. The van der Waals surface area contributed by atoms with Crippen molar-refractivity contribution in [3.05, 3.63) is 34.3 Å². The van der Waals surface area contributed by atoms with Gasteiger partial charge in [0, 0.05) is 23.2 Å². The van der Waals surface area contributed by atoms with Gasteiger partial charge in [0.15, 0.2) is 0 Å². The fraction of sp³-hybridized carbons (Fsp3) is 0.467. The first-order chi connectivity index (χ1) is 9.99. The van der Waals surface area contributed by atoms with E-state index in [4.69, 9.17) is 4.74 Å². The van der Waals surface area contributed by atoms with Crippen molar-refractivity contribution in [3.63, 3.8) is 0 Å². The topological polar surface area (TPSA) is 67.4 Å². The maximum absolute atomic E-state index is 11.8. The molecule has 0 bridgehead atoms. The highest BCUT2D eigenvalue weighted by atomic mass is 79.9. The molecule has 0 saturated carbocycles. The monoisotopic (exact) mass is 356 g/mol. The smallest absolute Gasteiger partial charge is 0.251 e. The van der Waals surface area contributed by atoms with Crippen molar-refractivity contribution in [1.82, 2.24) is 10.6 Å². The molecule has 1 aromatic carbocycles. The molecule has 2 amide bonds. The van der Waals surface area contributed by atoms with Crippen LogP contribution in [0.4, 0.5) is 0 Å². The van der Waals surface area contributed by atoms with E-state index in [1.807, 2.05) is 19.9 Å². The third-order valence-corrected chi connectivity index (χ3v) is 3.08. The molecule has 116 valence electrons. The van der Waals surface area contributed by atoms with Crippen LogP contribution in [0.25, 0.3) is 0 Å². The molecule has 1 aromatic rings. The number of nitrogens with one attached hydrogen (secondary N) is 2. The number of hydrogen-bond acceptors (Lipinski definition) is 3. The average molecular weight is 357 g/mol. The van der Waals surface area contributed by atoms with Crippen LogP contribution in [0.5, 0.6) is 0 Å². The standard InChI is InChI=1S/C15H21BrN2O3/c1-11(2)21-8-4-7-17-14(19)10-18-15(20)12-5-3-6-13(16)9-12/h3,5-6,9,11H,4,7-8,10H2,1-2H3,(H,17,19)(H,18,20). The molecule has 2 N–H and O–H groups in total. The Hall–Kier alpha value is -1.40.